The second kappa shape index (κ2) is 4.42. The summed E-state index contributed by atoms with van der Waals surface area (Å²) in [5, 5.41) is 10.8. The van der Waals surface area contributed by atoms with E-state index in [1.165, 1.54) is 25.7 Å². The second-order valence-electron chi connectivity index (χ2n) is 6.68. The highest BCUT2D eigenvalue weighted by molar-refractivity contribution is 5.13. The summed E-state index contributed by atoms with van der Waals surface area (Å²) >= 11 is 0. The van der Waals surface area contributed by atoms with E-state index in [9.17, 15) is 5.11 Å². The van der Waals surface area contributed by atoms with Gasteiger partial charge in [0, 0.05) is 0 Å². The van der Waals surface area contributed by atoms with Crippen LogP contribution in [0.3, 0.4) is 0 Å². The fourth-order valence-electron chi connectivity index (χ4n) is 4.83. The van der Waals surface area contributed by atoms with Gasteiger partial charge in [0.25, 0.3) is 0 Å². The van der Waals surface area contributed by atoms with Crippen LogP contribution >= 0.6 is 0 Å². The number of hydrogen-bond acceptors (Lipinski definition) is 1. The van der Waals surface area contributed by atoms with Gasteiger partial charge >= 0.3 is 0 Å². The van der Waals surface area contributed by atoms with Gasteiger partial charge in [0.2, 0.25) is 0 Å². The van der Waals surface area contributed by atoms with E-state index in [-0.39, 0.29) is 0 Å². The van der Waals surface area contributed by atoms with E-state index in [1.54, 1.807) is 0 Å². The fraction of sp³-hybridized carbons (Fsp3) is 0.875. The van der Waals surface area contributed by atoms with E-state index in [1.807, 2.05) is 6.08 Å². The van der Waals surface area contributed by atoms with Crippen LogP contribution in [0.4, 0.5) is 0 Å². The van der Waals surface area contributed by atoms with Crippen molar-refractivity contribution in [3.63, 3.8) is 0 Å². The summed E-state index contributed by atoms with van der Waals surface area (Å²) in [5.74, 6) is 2.03. The van der Waals surface area contributed by atoms with E-state index in [4.69, 9.17) is 0 Å². The summed E-state index contributed by atoms with van der Waals surface area (Å²) < 4.78 is 0. The molecule has 0 bridgehead atoms. The summed E-state index contributed by atoms with van der Waals surface area (Å²) in [7, 11) is 0. The molecule has 2 rings (SSSR count). The van der Waals surface area contributed by atoms with Crippen molar-refractivity contribution < 1.29 is 5.11 Å². The molecule has 0 saturated heterocycles. The first kappa shape index (κ1) is 13.1. The summed E-state index contributed by atoms with van der Waals surface area (Å²) in [6.45, 7) is 11.0. The predicted molar refractivity (Wildman–Crippen MR) is 72.8 cm³/mol. The first-order valence-electron chi connectivity index (χ1n) is 7.34. The van der Waals surface area contributed by atoms with Crippen molar-refractivity contribution in [2.24, 2.45) is 23.2 Å². The zero-order valence-electron chi connectivity index (χ0n) is 11.7. The fourth-order valence-corrected chi connectivity index (χ4v) is 4.83. The van der Waals surface area contributed by atoms with E-state index < -0.39 is 5.60 Å². The van der Waals surface area contributed by atoms with E-state index in [0.29, 0.717) is 11.3 Å². The Morgan fingerprint density at radius 2 is 2.12 bits per heavy atom. The molecule has 0 radical (unpaired) electrons. The standard InChI is InChI=1S/C16H28O/c1-5-12(3)13-8-9-14-15(13,4)10-7-11-16(14,17)6-2/h6,12-14,17H,2,5,7-11H2,1,3-4H3/t12-,13+,14+,15+,16-/m0/s1. The van der Waals surface area contributed by atoms with Crippen molar-refractivity contribution in [1.29, 1.82) is 0 Å². The van der Waals surface area contributed by atoms with Crippen LogP contribution in [-0.4, -0.2) is 10.7 Å². The van der Waals surface area contributed by atoms with Gasteiger partial charge in [0.05, 0.1) is 5.60 Å². The Balaban J connectivity index is 2.28. The SMILES string of the molecule is C=C[C@]1(O)CCC[C@]2(C)[C@@H]([C@@H](C)CC)CC[C@H]21. The van der Waals surface area contributed by atoms with Crippen LogP contribution in [0, 0.1) is 23.2 Å². The highest BCUT2D eigenvalue weighted by atomic mass is 16.3. The van der Waals surface area contributed by atoms with Gasteiger partial charge in [-0.2, -0.15) is 0 Å². The third-order valence-corrected chi connectivity index (χ3v) is 5.99. The summed E-state index contributed by atoms with van der Waals surface area (Å²) in [6, 6.07) is 0. The minimum absolute atomic E-state index is 0.344. The first-order chi connectivity index (χ1) is 7.98. The Kier molecular flexibility index (Phi) is 3.42. The normalized spacial score (nSPS) is 47.5. The van der Waals surface area contributed by atoms with Gasteiger partial charge in [-0.1, -0.05) is 33.3 Å². The van der Waals surface area contributed by atoms with E-state index in [2.05, 4.69) is 27.4 Å². The van der Waals surface area contributed by atoms with Crippen LogP contribution in [0.2, 0.25) is 0 Å². The molecule has 5 atom stereocenters. The van der Waals surface area contributed by atoms with Gasteiger partial charge in [-0.3, -0.25) is 0 Å². The molecule has 1 nitrogen and oxygen atoms in total. The van der Waals surface area contributed by atoms with Gasteiger partial charge in [-0.25, -0.2) is 0 Å². The van der Waals surface area contributed by atoms with Crippen LogP contribution in [0.15, 0.2) is 12.7 Å². The van der Waals surface area contributed by atoms with Crippen LogP contribution in [0.1, 0.15) is 59.3 Å². The number of fused-ring (bicyclic) bond motifs is 1. The monoisotopic (exact) mass is 236 g/mol. The van der Waals surface area contributed by atoms with Crippen molar-refractivity contribution in [2.75, 3.05) is 0 Å². The lowest BCUT2D eigenvalue weighted by atomic mass is 9.57. The molecule has 2 fully saturated rings. The Morgan fingerprint density at radius 1 is 1.41 bits per heavy atom. The Hall–Kier alpha value is -0.300. The first-order valence-corrected chi connectivity index (χ1v) is 7.34. The Labute approximate surface area is 106 Å². The molecule has 0 aromatic heterocycles. The van der Waals surface area contributed by atoms with Gasteiger partial charge in [0.1, 0.15) is 0 Å². The van der Waals surface area contributed by atoms with Crippen LogP contribution in [0.5, 0.6) is 0 Å². The van der Waals surface area contributed by atoms with Crippen molar-refractivity contribution in [1.82, 2.24) is 0 Å². The second-order valence-corrected chi connectivity index (χ2v) is 6.68. The molecule has 0 aromatic rings. The third kappa shape index (κ3) is 1.87. The predicted octanol–water partition coefficient (Wildman–Crippen LogP) is 4.17. The molecule has 0 amide bonds. The van der Waals surface area contributed by atoms with E-state index >= 15 is 0 Å². The zero-order valence-corrected chi connectivity index (χ0v) is 11.7. The quantitative estimate of drug-likeness (QED) is 0.729. The maximum Gasteiger partial charge on any atom is 0.0858 e. The smallest absolute Gasteiger partial charge is 0.0858 e. The largest absolute Gasteiger partial charge is 0.385 e. The molecule has 0 heterocycles. The third-order valence-electron chi connectivity index (χ3n) is 5.99. The highest BCUT2D eigenvalue weighted by Gasteiger charge is 2.56. The van der Waals surface area contributed by atoms with E-state index in [0.717, 1.165) is 24.7 Å². The molecule has 17 heavy (non-hydrogen) atoms. The minimum atomic E-state index is -0.588. The molecule has 98 valence electrons. The van der Waals surface area contributed by atoms with Crippen LogP contribution in [0.25, 0.3) is 0 Å². The molecular formula is C16H28O. The zero-order chi connectivity index (χ0) is 12.7. The van der Waals surface area contributed by atoms with Gasteiger partial charge < -0.3 is 5.11 Å². The molecular weight excluding hydrogens is 208 g/mol. The molecule has 0 spiro atoms. The Morgan fingerprint density at radius 3 is 2.71 bits per heavy atom. The molecule has 2 aliphatic rings. The number of aliphatic hydroxyl groups is 1. The molecule has 0 aromatic carbocycles. The summed E-state index contributed by atoms with van der Waals surface area (Å²) in [6.07, 6.45) is 8.95. The lowest BCUT2D eigenvalue weighted by Crippen LogP contribution is -2.48. The molecule has 1 N–H and O–H groups in total. The average Bonchev–Trinajstić information content (AvgIpc) is 2.67. The molecule has 2 aliphatic carbocycles. The van der Waals surface area contributed by atoms with Gasteiger partial charge in [-0.05, 0) is 55.3 Å². The lowest BCUT2D eigenvalue weighted by Gasteiger charge is -2.49. The molecule has 1 heteroatoms. The topological polar surface area (TPSA) is 20.2 Å². The van der Waals surface area contributed by atoms with Crippen molar-refractivity contribution in [3.8, 4) is 0 Å². The van der Waals surface area contributed by atoms with Crippen molar-refractivity contribution >= 4 is 0 Å². The van der Waals surface area contributed by atoms with Gasteiger partial charge in [-0.15, -0.1) is 6.58 Å². The van der Waals surface area contributed by atoms with Crippen molar-refractivity contribution in [2.45, 2.75) is 64.9 Å². The van der Waals surface area contributed by atoms with Crippen molar-refractivity contribution in [3.05, 3.63) is 12.7 Å². The van der Waals surface area contributed by atoms with Gasteiger partial charge in [0.15, 0.2) is 0 Å². The average molecular weight is 236 g/mol. The van der Waals surface area contributed by atoms with Crippen LogP contribution < -0.4 is 0 Å². The summed E-state index contributed by atoms with van der Waals surface area (Å²) in [4.78, 5) is 0. The van der Waals surface area contributed by atoms with Crippen LogP contribution in [-0.2, 0) is 0 Å². The number of rotatable bonds is 3. The highest BCUT2D eigenvalue weighted by Crippen LogP contribution is 2.61. The lowest BCUT2D eigenvalue weighted by molar-refractivity contribution is -0.0773. The number of hydrogen-bond donors (Lipinski definition) is 1. The molecule has 0 unspecified atom stereocenters. The maximum absolute atomic E-state index is 10.8. The molecule has 0 aliphatic heterocycles. The molecule has 2 saturated carbocycles. The summed E-state index contributed by atoms with van der Waals surface area (Å²) in [5.41, 5.74) is -0.244. The maximum atomic E-state index is 10.8. The minimum Gasteiger partial charge on any atom is -0.385 e. The Bertz CT molecular complexity index is 298.